The second-order valence-electron chi connectivity index (χ2n) is 6.05. The number of hydrogen-bond acceptors (Lipinski definition) is 4. The van der Waals surface area contributed by atoms with Crippen LogP contribution in [0.4, 0.5) is 5.69 Å². The van der Waals surface area contributed by atoms with Gasteiger partial charge in [-0.25, -0.2) is 8.42 Å². The minimum atomic E-state index is -3.63. The smallest absolute Gasteiger partial charge is 0.240 e. The molecule has 0 radical (unpaired) electrons. The third-order valence-corrected chi connectivity index (χ3v) is 4.81. The van der Waals surface area contributed by atoms with Crippen LogP contribution in [-0.2, 0) is 14.8 Å². The van der Waals surface area contributed by atoms with Crippen molar-refractivity contribution < 1.29 is 17.9 Å². The van der Waals surface area contributed by atoms with E-state index >= 15 is 0 Å². The van der Waals surface area contributed by atoms with E-state index in [2.05, 4.69) is 5.32 Å². The van der Waals surface area contributed by atoms with Gasteiger partial charge in [0, 0.05) is 6.04 Å². The van der Waals surface area contributed by atoms with Gasteiger partial charge in [-0.1, -0.05) is 19.9 Å². The van der Waals surface area contributed by atoms with Crippen LogP contribution >= 0.6 is 0 Å². The van der Waals surface area contributed by atoms with Gasteiger partial charge in [0.2, 0.25) is 15.9 Å². The number of carbonyl (C=O) groups excluding carboxylic acids is 1. The molecule has 0 aliphatic carbocycles. The minimum Gasteiger partial charge on any atom is -0.495 e. The quantitative estimate of drug-likeness (QED) is 0.821. The van der Waals surface area contributed by atoms with E-state index in [1.54, 1.807) is 12.1 Å². The van der Waals surface area contributed by atoms with Crippen molar-refractivity contribution in [1.29, 1.82) is 0 Å². The summed E-state index contributed by atoms with van der Waals surface area (Å²) in [6.45, 7) is 7.44. The largest absolute Gasteiger partial charge is 0.495 e. The Balaban J connectivity index is 3.13. The number of carbonyl (C=O) groups is 1. The van der Waals surface area contributed by atoms with E-state index in [1.807, 2.05) is 33.8 Å². The number of benzene rings is 1. The lowest BCUT2D eigenvalue weighted by Gasteiger charge is -2.25. The molecule has 1 atom stereocenters. The number of nitrogens with one attached hydrogen (secondary N) is 1. The van der Waals surface area contributed by atoms with Crippen LogP contribution < -0.4 is 14.4 Å². The highest BCUT2D eigenvalue weighted by Gasteiger charge is 2.25. The van der Waals surface area contributed by atoms with E-state index in [9.17, 15) is 13.2 Å². The number of hydrogen-bond donors (Lipinski definition) is 1. The first-order chi connectivity index (χ1) is 10.6. The molecule has 1 amide bonds. The van der Waals surface area contributed by atoms with Gasteiger partial charge >= 0.3 is 0 Å². The van der Waals surface area contributed by atoms with E-state index in [0.29, 0.717) is 11.4 Å². The fraction of sp³-hybridized carbons (Fsp3) is 0.562. The van der Waals surface area contributed by atoms with E-state index in [0.717, 1.165) is 16.1 Å². The zero-order valence-electron chi connectivity index (χ0n) is 14.6. The van der Waals surface area contributed by atoms with E-state index in [1.165, 1.54) is 7.11 Å². The molecule has 6 nitrogen and oxygen atoms in total. The Bertz CT molecular complexity index is 656. The van der Waals surface area contributed by atoms with Crippen molar-refractivity contribution in [3.05, 3.63) is 23.8 Å². The van der Waals surface area contributed by atoms with Crippen LogP contribution in [-0.4, -0.2) is 40.3 Å². The molecule has 0 aromatic heterocycles. The highest BCUT2D eigenvalue weighted by atomic mass is 32.2. The lowest BCUT2D eigenvalue weighted by molar-refractivity contribution is -0.120. The predicted molar refractivity (Wildman–Crippen MR) is 92.4 cm³/mol. The van der Waals surface area contributed by atoms with Crippen LogP contribution in [0.3, 0.4) is 0 Å². The molecule has 1 aromatic rings. The maximum atomic E-state index is 12.2. The molecular formula is C16H26N2O4S. The number of aryl methyl sites for hydroxylation is 1. The first kappa shape index (κ1) is 19.3. The first-order valence-corrected chi connectivity index (χ1v) is 9.32. The molecule has 0 spiro atoms. The number of ether oxygens (including phenoxy) is 1. The van der Waals surface area contributed by atoms with Gasteiger partial charge in [-0.05, 0) is 37.5 Å². The first-order valence-electron chi connectivity index (χ1n) is 7.48. The molecular weight excluding hydrogens is 316 g/mol. The second kappa shape index (κ2) is 7.68. The Morgan fingerprint density at radius 3 is 2.39 bits per heavy atom. The van der Waals surface area contributed by atoms with Crippen LogP contribution in [0.25, 0.3) is 0 Å². The Morgan fingerprint density at radius 1 is 1.30 bits per heavy atom. The Hall–Kier alpha value is -1.76. The van der Waals surface area contributed by atoms with Gasteiger partial charge in [0.25, 0.3) is 0 Å². The zero-order chi connectivity index (χ0) is 17.8. The molecule has 0 bridgehead atoms. The summed E-state index contributed by atoms with van der Waals surface area (Å²) in [4.78, 5) is 12.2. The highest BCUT2D eigenvalue weighted by Crippen LogP contribution is 2.30. The monoisotopic (exact) mass is 342 g/mol. The molecule has 1 unspecified atom stereocenters. The van der Waals surface area contributed by atoms with Crippen molar-refractivity contribution in [2.75, 3.05) is 24.2 Å². The summed E-state index contributed by atoms with van der Waals surface area (Å²) in [6.07, 6.45) is 1.08. The van der Waals surface area contributed by atoms with Gasteiger partial charge < -0.3 is 10.1 Å². The van der Waals surface area contributed by atoms with Crippen LogP contribution in [0.15, 0.2) is 18.2 Å². The molecule has 0 heterocycles. The molecule has 1 aromatic carbocycles. The molecule has 1 rings (SSSR count). The maximum Gasteiger partial charge on any atom is 0.240 e. The standard InChI is InChI=1S/C16H26N2O4S/c1-11(2)13(4)17-16(19)10-18(23(6,20)21)14-9-12(3)7-8-15(14)22-5/h7-9,11,13H,10H2,1-6H3,(H,17,19). The summed E-state index contributed by atoms with van der Waals surface area (Å²) >= 11 is 0. The van der Waals surface area contributed by atoms with Crippen LogP contribution in [0.5, 0.6) is 5.75 Å². The molecule has 7 heteroatoms. The number of rotatable bonds is 7. The lowest BCUT2D eigenvalue weighted by Crippen LogP contribution is -2.44. The molecule has 130 valence electrons. The Kier molecular flexibility index (Phi) is 6.44. The number of nitrogens with zero attached hydrogens (tertiary/aromatic N) is 1. The predicted octanol–water partition coefficient (Wildman–Crippen LogP) is 1.93. The van der Waals surface area contributed by atoms with Crippen molar-refractivity contribution in [3.63, 3.8) is 0 Å². The maximum absolute atomic E-state index is 12.2. The van der Waals surface area contributed by atoms with Crippen molar-refractivity contribution in [2.24, 2.45) is 5.92 Å². The van der Waals surface area contributed by atoms with Gasteiger partial charge in [0.15, 0.2) is 0 Å². The fourth-order valence-electron chi connectivity index (χ4n) is 1.97. The summed E-state index contributed by atoms with van der Waals surface area (Å²) in [5.74, 6) is 0.324. The molecule has 0 aliphatic heterocycles. The van der Waals surface area contributed by atoms with Gasteiger partial charge in [-0.15, -0.1) is 0 Å². The number of sulfonamides is 1. The van der Waals surface area contributed by atoms with E-state index in [-0.39, 0.29) is 24.4 Å². The lowest BCUT2D eigenvalue weighted by atomic mass is 10.1. The third-order valence-electron chi connectivity index (χ3n) is 3.68. The average Bonchev–Trinajstić information content (AvgIpc) is 2.43. The molecule has 0 fully saturated rings. The van der Waals surface area contributed by atoms with Gasteiger partial charge in [-0.3, -0.25) is 9.10 Å². The summed E-state index contributed by atoms with van der Waals surface area (Å²) in [6, 6.07) is 5.17. The molecule has 0 aliphatic rings. The normalized spacial score (nSPS) is 12.8. The molecule has 0 saturated heterocycles. The number of methoxy groups -OCH3 is 1. The van der Waals surface area contributed by atoms with Crippen molar-refractivity contribution in [2.45, 2.75) is 33.7 Å². The zero-order valence-corrected chi connectivity index (χ0v) is 15.4. The van der Waals surface area contributed by atoms with Crippen LogP contribution in [0, 0.1) is 12.8 Å². The Labute approximate surface area is 138 Å². The molecule has 23 heavy (non-hydrogen) atoms. The van der Waals surface area contributed by atoms with Gasteiger partial charge in [-0.2, -0.15) is 0 Å². The van der Waals surface area contributed by atoms with Crippen LogP contribution in [0.1, 0.15) is 26.3 Å². The van der Waals surface area contributed by atoms with Crippen LogP contribution in [0.2, 0.25) is 0 Å². The van der Waals surface area contributed by atoms with E-state index < -0.39 is 10.0 Å². The fourth-order valence-corrected chi connectivity index (χ4v) is 2.82. The van der Waals surface area contributed by atoms with Crippen molar-refractivity contribution in [1.82, 2.24) is 5.32 Å². The third kappa shape index (κ3) is 5.42. The molecule has 1 N–H and O–H groups in total. The van der Waals surface area contributed by atoms with E-state index in [4.69, 9.17) is 4.74 Å². The second-order valence-corrected chi connectivity index (χ2v) is 7.95. The van der Waals surface area contributed by atoms with Gasteiger partial charge in [0.1, 0.15) is 12.3 Å². The number of amides is 1. The van der Waals surface area contributed by atoms with Gasteiger partial charge in [0.05, 0.1) is 19.1 Å². The summed E-state index contributed by atoms with van der Waals surface area (Å²) in [7, 11) is -2.16. The average molecular weight is 342 g/mol. The summed E-state index contributed by atoms with van der Waals surface area (Å²) in [5, 5.41) is 2.82. The Morgan fingerprint density at radius 2 is 1.91 bits per heavy atom. The van der Waals surface area contributed by atoms with Crippen molar-refractivity contribution >= 4 is 21.6 Å². The minimum absolute atomic E-state index is 0.0386. The van der Waals surface area contributed by atoms with Crippen molar-refractivity contribution in [3.8, 4) is 5.75 Å². The SMILES string of the molecule is COc1ccc(C)cc1N(CC(=O)NC(C)C(C)C)S(C)(=O)=O. The highest BCUT2D eigenvalue weighted by molar-refractivity contribution is 7.92. The molecule has 0 saturated carbocycles. The number of anilines is 1. The topological polar surface area (TPSA) is 75.7 Å². The summed E-state index contributed by atoms with van der Waals surface area (Å²) in [5.41, 5.74) is 1.24. The summed E-state index contributed by atoms with van der Waals surface area (Å²) < 4.78 is 30.6.